The number of amides is 1. The molecule has 2 heterocycles. The molecule has 2 saturated heterocycles. The Balaban J connectivity index is 1.74. The van der Waals surface area contributed by atoms with Gasteiger partial charge >= 0.3 is 0 Å². The number of carbonyl (C=O) groups is 1. The van der Waals surface area contributed by atoms with Crippen LogP contribution in [0.2, 0.25) is 0 Å². The van der Waals surface area contributed by atoms with Crippen molar-refractivity contribution in [2.24, 2.45) is 0 Å². The fourth-order valence-corrected chi connectivity index (χ4v) is 2.98. The molecule has 0 aromatic carbocycles. The summed E-state index contributed by atoms with van der Waals surface area (Å²) in [5, 5.41) is 6.23. The van der Waals surface area contributed by atoms with Gasteiger partial charge in [-0.3, -0.25) is 4.79 Å². The molecule has 0 radical (unpaired) electrons. The topological polar surface area (TPSA) is 50.4 Å². The van der Waals surface area contributed by atoms with E-state index in [9.17, 15) is 4.79 Å². The Morgan fingerprint density at radius 2 is 2.20 bits per heavy atom. The number of nitrogens with one attached hydrogen (secondary N) is 2. The molecule has 0 bridgehead atoms. The summed E-state index contributed by atoms with van der Waals surface area (Å²) in [4.78, 5) is 11.8. The van der Waals surface area contributed by atoms with Gasteiger partial charge < -0.3 is 15.4 Å². The second-order valence-corrected chi connectivity index (χ2v) is 5.18. The van der Waals surface area contributed by atoms with Gasteiger partial charge in [0.05, 0.1) is 6.61 Å². The monoisotopic (exact) mass is 230 g/mol. The highest BCUT2D eigenvalue weighted by atomic mass is 32.2. The molecule has 2 fully saturated rings. The van der Waals surface area contributed by atoms with Gasteiger partial charge in [-0.1, -0.05) is 0 Å². The van der Waals surface area contributed by atoms with Gasteiger partial charge in [0.1, 0.15) is 6.10 Å². The van der Waals surface area contributed by atoms with Gasteiger partial charge in [0, 0.05) is 19.1 Å². The van der Waals surface area contributed by atoms with Crippen molar-refractivity contribution in [3.8, 4) is 0 Å². The van der Waals surface area contributed by atoms with Gasteiger partial charge in [0.15, 0.2) is 0 Å². The molecule has 15 heavy (non-hydrogen) atoms. The average Bonchev–Trinajstić information content (AvgIpc) is 2.31. The van der Waals surface area contributed by atoms with Crippen molar-refractivity contribution in [3.05, 3.63) is 0 Å². The zero-order chi connectivity index (χ0) is 10.5. The Bertz CT molecular complexity index is 213. The minimum atomic E-state index is -0.284. The van der Waals surface area contributed by atoms with Crippen LogP contribution in [0.15, 0.2) is 0 Å². The number of thioether (sulfide) groups is 1. The molecule has 4 nitrogen and oxygen atoms in total. The lowest BCUT2D eigenvalue weighted by molar-refractivity contribution is -0.135. The van der Waals surface area contributed by atoms with E-state index in [-0.39, 0.29) is 12.0 Å². The first-order valence-electron chi connectivity index (χ1n) is 5.57. The zero-order valence-electron chi connectivity index (χ0n) is 8.83. The molecular formula is C10H18N2O2S. The number of carbonyl (C=O) groups excluding carboxylic acids is 1. The number of morpholine rings is 1. The Morgan fingerprint density at radius 3 is 2.87 bits per heavy atom. The predicted octanol–water partition coefficient (Wildman–Crippen LogP) is -0.0134. The molecule has 2 N–H and O–H groups in total. The van der Waals surface area contributed by atoms with E-state index in [1.807, 2.05) is 11.8 Å². The van der Waals surface area contributed by atoms with E-state index in [1.165, 1.54) is 0 Å². The normalized spacial score (nSPS) is 28.7. The maximum Gasteiger partial charge on any atom is 0.250 e. The lowest BCUT2D eigenvalue weighted by Gasteiger charge is -2.27. The van der Waals surface area contributed by atoms with Gasteiger partial charge in [-0.25, -0.2) is 0 Å². The Labute approximate surface area is 94.5 Å². The van der Waals surface area contributed by atoms with E-state index in [1.54, 1.807) is 0 Å². The minimum absolute atomic E-state index is 0.0547. The van der Waals surface area contributed by atoms with Gasteiger partial charge in [-0.15, -0.1) is 0 Å². The highest BCUT2D eigenvalue weighted by Gasteiger charge is 2.24. The molecule has 2 rings (SSSR count). The molecule has 1 amide bonds. The molecule has 0 unspecified atom stereocenters. The zero-order valence-corrected chi connectivity index (χ0v) is 9.65. The van der Waals surface area contributed by atoms with Crippen LogP contribution in [0.4, 0.5) is 0 Å². The van der Waals surface area contributed by atoms with Crippen molar-refractivity contribution in [2.45, 2.75) is 25.0 Å². The van der Waals surface area contributed by atoms with Crippen LogP contribution < -0.4 is 10.6 Å². The quantitative estimate of drug-likeness (QED) is 0.700. The third kappa shape index (κ3) is 3.36. The van der Waals surface area contributed by atoms with Crippen LogP contribution in [0.25, 0.3) is 0 Å². The van der Waals surface area contributed by atoms with Crippen molar-refractivity contribution < 1.29 is 9.53 Å². The lowest BCUT2D eigenvalue weighted by Crippen LogP contribution is -2.50. The maximum atomic E-state index is 11.8. The summed E-state index contributed by atoms with van der Waals surface area (Å²) in [5.41, 5.74) is 0. The van der Waals surface area contributed by atoms with Crippen molar-refractivity contribution in [2.75, 3.05) is 31.2 Å². The molecule has 2 aliphatic heterocycles. The summed E-state index contributed by atoms with van der Waals surface area (Å²) in [6.45, 7) is 2.13. The Kier molecular flexibility index (Phi) is 4.29. The predicted molar refractivity (Wildman–Crippen MR) is 61.1 cm³/mol. The first kappa shape index (κ1) is 11.2. The van der Waals surface area contributed by atoms with Crippen LogP contribution in [-0.4, -0.2) is 49.3 Å². The van der Waals surface area contributed by atoms with Crippen LogP contribution in [0.5, 0.6) is 0 Å². The lowest BCUT2D eigenvalue weighted by atomic mass is 10.1. The molecule has 0 aromatic rings. The van der Waals surface area contributed by atoms with Crippen molar-refractivity contribution in [3.63, 3.8) is 0 Å². The van der Waals surface area contributed by atoms with Crippen LogP contribution in [-0.2, 0) is 9.53 Å². The fourth-order valence-electron chi connectivity index (χ4n) is 1.87. The largest absolute Gasteiger partial charge is 0.366 e. The van der Waals surface area contributed by atoms with Gasteiger partial charge in [-0.2, -0.15) is 11.8 Å². The molecule has 2 aliphatic rings. The minimum Gasteiger partial charge on any atom is -0.366 e. The number of ether oxygens (including phenoxy) is 1. The van der Waals surface area contributed by atoms with Crippen molar-refractivity contribution in [1.82, 2.24) is 10.6 Å². The molecule has 5 heteroatoms. The van der Waals surface area contributed by atoms with E-state index in [0.29, 0.717) is 19.2 Å². The first-order valence-corrected chi connectivity index (χ1v) is 6.72. The van der Waals surface area contributed by atoms with Crippen LogP contribution in [0.1, 0.15) is 12.8 Å². The summed E-state index contributed by atoms with van der Waals surface area (Å²) in [7, 11) is 0. The molecular weight excluding hydrogens is 212 g/mol. The molecule has 0 saturated carbocycles. The maximum absolute atomic E-state index is 11.8. The van der Waals surface area contributed by atoms with Crippen molar-refractivity contribution in [1.29, 1.82) is 0 Å². The Morgan fingerprint density at radius 1 is 1.40 bits per heavy atom. The van der Waals surface area contributed by atoms with E-state index < -0.39 is 0 Å². The molecule has 1 atom stereocenters. The molecule has 0 aliphatic carbocycles. The summed E-state index contributed by atoms with van der Waals surface area (Å²) in [5.74, 6) is 2.38. The van der Waals surface area contributed by atoms with Crippen LogP contribution in [0, 0.1) is 0 Å². The van der Waals surface area contributed by atoms with Gasteiger partial charge in [-0.05, 0) is 24.3 Å². The van der Waals surface area contributed by atoms with Crippen LogP contribution >= 0.6 is 11.8 Å². The third-order valence-corrected chi connectivity index (χ3v) is 3.84. The highest BCUT2D eigenvalue weighted by molar-refractivity contribution is 7.99. The van der Waals surface area contributed by atoms with Crippen LogP contribution in [0.3, 0.4) is 0 Å². The fraction of sp³-hybridized carbons (Fsp3) is 0.900. The molecule has 86 valence electrons. The SMILES string of the molecule is O=C(NC1CCSCC1)[C@@H]1CNCCO1. The summed E-state index contributed by atoms with van der Waals surface area (Å²) in [6.07, 6.45) is 1.90. The summed E-state index contributed by atoms with van der Waals surface area (Å²) >= 11 is 1.97. The highest BCUT2D eigenvalue weighted by Crippen LogP contribution is 2.17. The second kappa shape index (κ2) is 5.72. The second-order valence-electron chi connectivity index (χ2n) is 3.96. The summed E-state index contributed by atoms with van der Waals surface area (Å²) < 4.78 is 5.40. The molecule has 0 spiro atoms. The number of rotatable bonds is 2. The number of hydrogen-bond donors (Lipinski definition) is 2. The van der Waals surface area contributed by atoms with E-state index >= 15 is 0 Å². The van der Waals surface area contributed by atoms with E-state index in [2.05, 4.69) is 10.6 Å². The standard InChI is InChI=1S/C10H18N2O2S/c13-10(9-7-11-3-4-14-9)12-8-1-5-15-6-2-8/h8-9,11H,1-7H2,(H,12,13)/t9-/m0/s1. The summed E-state index contributed by atoms with van der Waals surface area (Å²) in [6, 6.07) is 0.365. The molecule has 0 aromatic heterocycles. The average molecular weight is 230 g/mol. The van der Waals surface area contributed by atoms with E-state index in [4.69, 9.17) is 4.74 Å². The van der Waals surface area contributed by atoms with E-state index in [0.717, 1.165) is 30.9 Å². The first-order chi connectivity index (χ1) is 7.36. The van der Waals surface area contributed by atoms with Gasteiger partial charge in [0.25, 0.3) is 5.91 Å². The number of hydrogen-bond acceptors (Lipinski definition) is 4. The third-order valence-electron chi connectivity index (χ3n) is 2.79. The Hall–Kier alpha value is -0.260. The van der Waals surface area contributed by atoms with Gasteiger partial charge in [0.2, 0.25) is 0 Å². The smallest absolute Gasteiger partial charge is 0.250 e. The van der Waals surface area contributed by atoms with Crippen molar-refractivity contribution >= 4 is 17.7 Å².